The molecule has 0 saturated carbocycles. The molecule has 0 radical (unpaired) electrons. The zero-order valence-corrected chi connectivity index (χ0v) is 15.3. The Balaban J connectivity index is 3.65. The van der Waals surface area contributed by atoms with Gasteiger partial charge in [-0.3, -0.25) is 18.9 Å². The van der Waals surface area contributed by atoms with Crippen molar-refractivity contribution in [2.75, 3.05) is 13.2 Å². The van der Waals surface area contributed by atoms with Crippen molar-refractivity contribution in [3.05, 3.63) is 51.1 Å². The number of H-pyrrole nitrogens is 1. The van der Waals surface area contributed by atoms with Crippen LogP contribution >= 0.6 is 7.60 Å². The first-order valence-corrected chi connectivity index (χ1v) is 9.55. The van der Waals surface area contributed by atoms with Crippen molar-refractivity contribution >= 4 is 13.3 Å². The van der Waals surface area contributed by atoms with E-state index in [-0.39, 0.29) is 13.2 Å². The number of aromatic nitrogens is 2. The van der Waals surface area contributed by atoms with E-state index in [9.17, 15) is 14.2 Å². The normalized spacial score (nSPS) is 12.8. The molecule has 1 aromatic heterocycles. The molecule has 0 saturated heterocycles. The largest absolute Gasteiger partial charge is 0.359 e. The number of nitrogens with one attached hydrogen (secondary N) is 1. The Morgan fingerprint density at radius 1 is 1.29 bits per heavy atom. The van der Waals surface area contributed by atoms with E-state index in [1.54, 1.807) is 13.8 Å². The summed E-state index contributed by atoms with van der Waals surface area (Å²) in [6.07, 6.45) is 4.80. The minimum absolute atomic E-state index is 0.206. The highest BCUT2D eigenvalue weighted by Crippen LogP contribution is 2.59. The Hall–Kier alpha value is -1.69. The maximum Gasteiger partial charge on any atom is 0.359 e. The van der Waals surface area contributed by atoms with Gasteiger partial charge in [0.05, 0.1) is 24.2 Å². The van der Waals surface area contributed by atoms with E-state index in [1.165, 1.54) is 22.9 Å². The summed E-state index contributed by atoms with van der Waals surface area (Å²) in [5.74, 6) is 0. The molecule has 8 heteroatoms. The number of rotatable bonds is 10. The highest BCUT2D eigenvalue weighted by molar-refractivity contribution is 7.58. The van der Waals surface area contributed by atoms with Gasteiger partial charge in [-0.15, -0.1) is 0 Å². The predicted molar refractivity (Wildman–Crippen MR) is 95.1 cm³/mol. The molecule has 1 N–H and O–H groups in total. The molecule has 1 heterocycles. The average Bonchev–Trinajstić information content (AvgIpc) is 2.53. The Morgan fingerprint density at radius 3 is 2.38 bits per heavy atom. The lowest BCUT2D eigenvalue weighted by molar-refractivity contribution is 0.225. The molecular formula is C16H25N2O5P. The first-order valence-electron chi connectivity index (χ1n) is 8.01. The van der Waals surface area contributed by atoms with E-state index in [0.717, 1.165) is 12.8 Å². The topological polar surface area (TPSA) is 90.4 Å². The summed E-state index contributed by atoms with van der Waals surface area (Å²) >= 11 is 0. The minimum atomic E-state index is -3.57. The fraction of sp³-hybridized carbons (Fsp3) is 0.500. The van der Waals surface area contributed by atoms with Gasteiger partial charge in [0.2, 0.25) is 0 Å². The third-order valence-corrected chi connectivity index (χ3v) is 5.58. The zero-order valence-electron chi connectivity index (χ0n) is 14.4. The number of unbranched alkanes of at least 4 members (excludes halogenated alkanes) is 1. The van der Waals surface area contributed by atoms with E-state index >= 15 is 0 Å². The maximum atomic E-state index is 13.2. The van der Waals surface area contributed by atoms with Crippen LogP contribution in [0.4, 0.5) is 0 Å². The van der Waals surface area contributed by atoms with Crippen LogP contribution in [0.3, 0.4) is 0 Å². The molecule has 134 valence electrons. The number of hydrogen-bond donors (Lipinski definition) is 1. The summed E-state index contributed by atoms with van der Waals surface area (Å²) < 4.78 is 25.3. The van der Waals surface area contributed by atoms with E-state index in [2.05, 4.69) is 11.6 Å². The molecule has 7 nitrogen and oxygen atoms in total. The molecule has 0 atom stereocenters. The molecule has 0 spiro atoms. The van der Waals surface area contributed by atoms with E-state index in [0.29, 0.717) is 17.4 Å². The molecule has 1 aromatic rings. The number of hydrogen-bond acceptors (Lipinski definition) is 5. The van der Waals surface area contributed by atoms with E-state index in [1.807, 2.05) is 6.92 Å². The Labute approximate surface area is 141 Å². The van der Waals surface area contributed by atoms with Gasteiger partial charge in [-0.1, -0.05) is 19.9 Å². The molecule has 0 amide bonds. The van der Waals surface area contributed by atoms with Crippen molar-refractivity contribution < 1.29 is 13.6 Å². The van der Waals surface area contributed by atoms with Gasteiger partial charge in [0.1, 0.15) is 0 Å². The first-order chi connectivity index (χ1) is 11.4. The van der Waals surface area contributed by atoms with Gasteiger partial charge in [-0.25, -0.2) is 4.79 Å². The molecule has 0 aliphatic carbocycles. The molecule has 0 aliphatic rings. The minimum Gasteiger partial charge on any atom is -0.306 e. The van der Waals surface area contributed by atoms with Gasteiger partial charge in [0.15, 0.2) is 0 Å². The van der Waals surface area contributed by atoms with Crippen LogP contribution in [0.25, 0.3) is 5.70 Å². The quantitative estimate of drug-likeness (QED) is 0.513. The van der Waals surface area contributed by atoms with Crippen LogP contribution in [-0.4, -0.2) is 22.8 Å². The number of aromatic amines is 1. The number of allylic oxidation sites excluding steroid dienone is 3. The molecule has 0 bridgehead atoms. The van der Waals surface area contributed by atoms with Gasteiger partial charge in [-0.2, -0.15) is 0 Å². The Morgan fingerprint density at radius 2 is 1.92 bits per heavy atom. The molecule has 0 unspecified atom stereocenters. The zero-order chi connectivity index (χ0) is 18.2. The summed E-state index contributed by atoms with van der Waals surface area (Å²) in [6.45, 7) is 9.59. The molecule has 24 heavy (non-hydrogen) atoms. The van der Waals surface area contributed by atoms with Crippen molar-refractivity contribution in [1.82, 2.24) is 9.55 Å². The summed E-state index contributed by atoms with van der Waals surface area (Å²) in [5, 5.41) is 0.386. The summed E-state index contributed by atoms with van der Waals surface area (Å²) in [5.41, 5.74) is -0.826. The lowest BCUT2D eigenvalue weighted by Crippen LogP contribution is -2.28. The lowest BCUT2D eigenvalue weighted by atomic mass is 10.2. The summed E-state index contributed by atoms with van der Waals surface area (Å²) in [4.78, 5) is 25.6. The second-order valence-corrected chi connectivity index (χ2v) is 7.00. The lowest BCUT2D eigenvalue weighted by Gasteiger charge is -2.23. The molecular weight excluding hydrogens is 331 g/mol. The van der Waals surface area contributed by atoms with E-state index < -0.39 is 18.8 Å². The van der Waals surface area contributed by atoms with Crippen LogP contribution in [0, 0.1) is 0 Å². The van der Waals surface area contributed by atoms with Gasteiger partial charge in [-0.05, 0) is 32.8 Å². The van der Waals surface area contributed by atoms with Gasteiger partial charge in [0, 0.05) is 12.3 Å². The van der Waals surface area contributed by atoms with Crippen molar-refractivity contribution in [3.63, 3.8) is 0 Å². The van der Waals surface area contributed by atoms with Crippen LogP contribution in [0.1, 0.15) is 40.0 Å². The van der Waals surface area contributed by atoms with Crippen molar-refractivity contribution in [2.45, 2.75) is 40.0 Å². The average molecular weight is 356 g/mol. The highest BCUT2D eigenvalue weighted by atomic mass is 31.2. The van der Waals surface area contributed by atoms with Gasteiger partial charge >= 0.3 is 13.3 Å². The maximum absolute atomic E-state index is 13.2. The second kappa shape index (κ2) is 9.57. The molecule has 0 aromatic carbocycles. The standard InChI is InChI=1S/C16H25N2O5P/c1-5-9-10-14(24(21,22-7-3)23-8-4)13(6-2)18-12-11-15(19)17-16(18)20/h6,11-12H,2,5,7-10H2,1,3-4H3,(H,17,19,20)/b14-13+. The fourth-order valence-corrected chi connectivity index (χ4v) is 4.22. The smallest absolute Gasteiger partial charge is 0.306 e. The highest BCUT2D eigenvalue weighted by Gasteiger charge is 2.32. The third kappa shape index (κ3) is 4.90. The van der Waals surface area contributed by atoms with Gasteiger partial charge in [0.25, 0.3) is 5.56 Å². The molecule has 0 fully saturated rings. The summed E-state index contributed by atoms with van der Waals surface area (Å²) in [6, 6.07) is 1.22. The van der Waals surface area contributed by atoms with Crippen molar-refractivity contribution in [1.29, 1.82) is 0 Å². The van der Waals surface area contributed by atoms with Crippen LogP contribution in [0.5, 0.6) is 0 Å². The fourth-order valence-electron chi connectivity index (χ4n) is 2.24. The second-order valence-electron chi connectivity index (χ2n) is 4.95. The Kier molecular flexibility index (Phi) is 8.11. The van der Waals surface area contributed by atoms with Crippen LogP contribution < -0.4 is 11.2 Å². The SMILES string of the molecule is C=C/C(=C(/CCCC)P(=O)(OCC)OCC)n1ccc(=O)[nH]c1=O. The van der Waals surface area contributed by atoms with Crippen molar-refractivity contribution in [3.8, 4) is 0 Å². The van der Waals surface area contributed by atoms with Gasteiger partial charge < -0.3 is 9.05 Å². The van der Waals surface area contributed by atoms with Crippen LogP contribution in [0.2, 0.25) is 0 Å². The van der Waals surface area contributed by atoms with Crippen LogP contribution in [0.15, 0.2) is 39.8 Å². The third-order valence-electron chi connectivity index (χ3n) is 3.27. The van der Waals surface area contributed by atoms with Crippen LogP contribution in [-0.2, 0) is 13.6 Å². The predicted octanol–water partition coefficient (Wildman–Crippen LogP) is 3.35. The Bertz CT molecular complexity index is 737. The molecule has 1 rings (SSSR count). The summed E-state index contributed by atoms with van der Waals surface area (Å²) in [7, 11) is -3.57. The monoisotopic (exact) mass is 356 g/mol. The van der Waals surface area contributed by atoms with Crippen molar-refractivity contribution in [2.24, 2.45) is 0 Å². The first kappa shape index (κ1) is 20.4. The molecule has 0 aliphatic heterocycles. The number of nitrogens with zero attached hydrogens (tertiary/aromatic N) is 1. The van der Waals surface area contributed by atoms with E-state index in [4.69, 9.17) is 9.05 Å².